The molecule has 0 heterocycles. The summed E-state index contributed by atoms with van der Waals surface area (Å²) in [4.78, 5) is 14.8. The fourth-order valence-electron chi connectivity index (χ4n) is 11.7. The third-order valence-electron chi connectivity index (χ3n) is 12.3. The molecular weight excluding hydrogens is 464 g/mol. The van der Waals surface area contributed by atoms with Gasteiger partial charge in [0, 0.05) is 24.2 Å². The summed E-state index contributed by atoms with van der Waals surface area (Å²) < 4.78 is 0. The van der Waals surface area contributed by atoms with E-state index in [9.17, 15) is 4.79 Å². The lowest BCUT2D eigenvalue weighted by Crippen LogP contribution is -2.49. The van der Waals surface area contributed by atoms with E-state index < -0.39 is 0 Å². The number of nitrogens with two attached hydrogens (primary N) is 2. The molecule has 2 aromatic rings. The predicted molar refractivity (Wildman–Crippen MR) is 152 cm³/mol. The molecule has 0 aliphatic heterocycles. The number of hydrogen-bond acceptors (Lipinski definition) is 3. The lowest BCUT2D eigenvalue weighted by molar-refractivity contribution is -0.00586. The second kappa shape index (κ2) is 8.51. The van der Waals surface area contributed by atoms with Gasteiger partial charge in [-0.15, -0.1) is 0 Å². The molecule has 0 spiro atoms. The molecule has 4 N–H and O–H groups in total. The Bertz CT molecular complexity index is 1120. The van der Waals surface area contributed by atoms with Crippen LogP contribution in [0.2, 0.25) is 0 Å². The molecule has 3 nitrogen and oxygen atoms in total. The van der Waals surface area contributed by atoms with Gasteiger partial charge in [0.2, 0.25) is 0 Å². The summed E-state index contributed by atoms with van der Waals surface area (Å²) in [6.07, 6.45) is 16.1. The highest BCUT2D eigenvalue weighted by molar-refractivity contribution is 6.11. The molecule has 200 valence electrons. The summed E-state index contributed by atoms with van der Waals surface area (Å²) in [5, 5.41) is 0. The molecule has 8 aliphatic carbocycles. The Labute approximate surface area is 228 Å². The van der Waals surface area contributed by atoms with Crippen molar-refractivity contribution in [1.29, 1.82) is 0 Å². The van der Waals surface area contributed by atoms with Gasteiger partial charge in [-0.3, -0.25) is 4.79 Å². The lowest BCUT2D eigenvalue weighted by Gasteiger charge is -2.58. The van der Waals surface area contributed by atoms with Gasteiger partial charge in [-0.05, 0) is 146 Å². The van der Waals surface area contributed by atoms with Crippen molar-refractivity contribution in [2.75, 3.05) is 0 Å². The minimum atomic E-state index is 0.170. The first-order chi connectivity index (χ1) is 18.5. The Hall–Kier alpha value is -1.97. The molecule has 0 amide bonds. The zero-order valence-electron chi connectivity index (χ0n) is 22.9. The van der Waals surface area contributed by atoms with Crippen molar-refractivity contribution < 1.29 is 4.79 Å². The SMILES string of the molecule is NCc1ccc(C(=O)c2ccc(CN)cc2C23CC4CC(CC(C4)C2)C3)c(C23CC4CC(CC(C4)C2)C3)c1. The number of carbonyl (C=O) groups excluding carboxylic acids is 1. The van der Waals surface area contributed by atoms with Gasteiger partial charge in [0.15, 0.2) is 5.78 Å². The molecule has 0 aromatic heterocycles. The quantitative estimate of drug-likeness (QED) is 0.423. The lowest BCUT2D eigenvalue weighted by atomic mass is 9.47. The van der Waals surface area contributed by atoms with Crippen molar-refractivity contribution in [2.45, 2.75) is 101 Å². The summed E-state index contributed by atoms with van der Waals surface area (Å²) in [7, 11) is 0. The zero-order valence-corrected chi connectivity index (χ0v) is 22.9. The minimum absolute atomic E-state index is 0.170. The Balaban J connectivity index is 1.25. The van der Waals surface area contributed by atoms with Gasteiger partial charge in [0.05, 0.1) is 0 Å². The smallest absolute Gasteiger partial charge is 0.193 e. The van der Waals surface area contributed by atoms with E-state index in [2.05, 4.69) is 36.4 Å². The van der Waals surface area contributed by atoms with Crippen LogP contribution in [0.25, 0.3) is 0 Å². The van der Waals surface area contributed by atoms with Crippen LogP contribution in [0.5, 0.6) is 0 Å². The largest absolute Gasteiger partial charge is 0.326 e. The van der Waals surface area contributed by atoms with E-state index >= 15 is 0 Å². The Kier molecular flexibility index (Phi) is 5.35. The van der Waals surface area contributed by atoms with E-state index in [1.165, 1.54) is 99.3 Å². The summed E-state index contributed by atoms with van der Waals surface area (Å²) in [5.41, 5.74) is 19.6. The van der Waals surface area contributed by atoms with E-state index in [1.807, 2.05) is 0 Å². The monoisotopic (exact) mass is 508 g/mol. The van der Waals surface area contributed by atoms with Gasteiger partial charge >= 0.3 is 0 Å². The molecule has 3 heteroatoms. The second-order valence-corrected chi connectivity index (χ2v) is 14.9. The molecule has 8 saturated carbocycles. The number of ketones is 1. The van der Waals surface area contributed by atoms with Gasteiger partial charge in [0.1, 0.15) is 0 Å². The summed E-state index contributed by atoms with van der Waals surface area (Å²) in [6, 6.07) is 13.2. The van der Waals surface area contributed by atoms with Crippen molar-refractivity contribution in [3.63, 3.8) is 0 Å². The van der Waals surface area contributed by atoms with Gasteiger partial charge in [-0.25, -0.2) is 0 Å². The van der Waals surface area contributed by atoms with Crippen LogP contribution in [-0.2, 0) is 23.9 Å². The first-order valence-corrected chi connectivity index (χ1v) is 15.7. The van der Waals surface area contributed by atoms with E-state index in [0.717, 1.165) is 46.6 Å². The van der Waals surface area contributed by atoms with Gasteiger partial charge in [-0.2, -0.15) is 0 Å². The number of benzene rings is 2. The molecule has 2 aromatic carbocycles. The van der Waals surface area contributed by atoms with Crippen molar-refractivity contribution in [2.24, 2.45) is 47.0 Å². The zero-order chi connectivity index (χ0) is 25.6. The van der Waals surface area contributed by atoms with Crippen LogP contribution in [0, 0.1) is 35.5 Å². The third kappa shape index (κ3) is 3.57. The molecule has 10 rings (SSSR count). The van der Waals surface area contributed by atoms with Crippen molar-refractivity contribution in [3.8, 4) is 0 Å². The third-order valence-corrected chi connectivity index (χ3v) is 12.3. The van der Waals surface area contributed by atoms with Crippen LogP contribution in [0.3, 0.4) is 0 Å². The maximum Gasteiger partial charge on any atom is 0.193 e. The molecular formula is C35H44N2O. The summed E-state index contributed by atoms with van der Waals surface area (Å²) in [5.74, 6) is 5.33. The van der Waals surface area contributed by atoms with Gasteiger partial charge in [0.25, 0.3) is 0 Å². The van der Waals surface area contributed by atoms with Crippen molar-refractivity contribution in [3.05, 3.63) is 69.8 Å². The normalized spacial score (nSPS) is 40.2. The highest BCUT2D eigenvalue weighted by Gasteiger charge is 2.54. The average molecular weight is 509 g/mol. The van der Waals surface area contributed by atoms with E-state index in [1.54, 1.807) is 0 Å². The van der Waals surface area contributed by atoms with Crippen molar-refractivity contribution in [1.82, 2.24) is 0 Å². The minimum Gasteiger partial charge on any atom is -0.326 e. The standard InChI is InChI=1S/C35H44N2O/c36-19-21-1-3-29(31(11-21)34-13-23-5-24(14-34)7-25(6-23)15-34)33(38)30-4-2-22(20-37)12-32(30)35-16-26-8-27(17-35)10-28(9-26)18-35/h1-4,11-12,23-28H,5-10,13-20,36-37H2. The van der Waals surface area contributed by atoms with Crippen LogP contribution >= 0.6 is 0 Å². The Morgan fingerprint density at radius 3 is 1.18 bits per heavy atom. The molecule has 0 radical (unpaired) electrons. The van der Waals surface area contributed by atoms with Crippen molar-refractivity contribution >= 4 is 5.78 Å². The fraction of sp³-hybridized carbons (Fsp3) is 0.629. The first-order valence-electron chi connectivity index (χ1n) is 15.7. The summed E-state index contributed by atoms with van der Waals surface area (Å²) >= 11 is 0. The molecule has 8 fully saturated rings. The van der Waals surface area contributed by atoms with E-state index in [-0.39, 0.29) is 16.6 Å². The molecule has 0 atom stereocenters. The number of carbonyl (C=O) groups is 1. The van der Waals surface area contributed by atoms with Gasteiger partial charge in [-0.1, -0.05) is 36.4 Å². The average Bonchev–Trinajstić information content (AvgIpc) is 2.90. The Morgan fingerprint density at radius 2 is 0.895 bits per heavy atom. The molecule has 8 aliphatic rings. The van der Waals surface area contributed by atoms with Crippen LogP contribution in [0.15, 0.2) is 36.4 Å². The maximum absolute atomic E-state index is 14.8. The summed E-state index contributed by atoms with van der Waals surface area (Å²) in [6.45, 7) is 1.08. The highest BCUT2D eigenvalue weighted by atomic mass is 16.1. The van der Waals surface area contributed by atoms with Crippen LogP contribution < -0.4 is 11.5 Å². The molecule has 0 saturated heterocycles. The molecule has 38 heavy (non-hydrogen) atoms. The topological polar surface area (TPSA) is 69.1 Å². The Morgan fingerprint density at radius 1 is 0.579 bits per heavy atom. The van der Waals surface area contributed by atoms with Crippen LogP contribution in [-0.4, -0.2) is 5.78 Å². The van der Waals surface area contributed by atoms with Crippen LogP contribution in [0.4, 0.5) is 0 Å². The van der Waals surface area contributed by atoms with E-state index in [0.29, 0.717) is 13.1 Å². The maximum atomic E-state index is 14.8. The second-order valence-electron chi connectivity index (χ2n) is 14.9. The number of rotatable bonds is 6. The molecule has 8 bridgehead atoms. The fourth-order valence-corrected chi connectivity index (χ4v) is 11.7. The van der Waals surface area contributed by atoms with Crippen LogP contribution in [0.1, 0.15) is 115 Å². The van der Waals surface area contributed by atoms with E-state index in [4.69, 9.17) is 11.5 Å². The number of hydrogen-bond donors (Lipinski definition) is 2. The first kappa shape index (κ1) is 23.9. The highest BCUT2D eigenvalue weighted by Crippen LogP contribution is 2.63. The molecule has 0 unspecified atom stereocenters. The van der Waals surface area contributed by atoms with Gasteiger partial charge < -0.3 is 11.5 Å². The predicted octanol–water partition coefficient (Wildman–Crippen LogP) is 6.77.